The monoisotopic (exact) mass is 428 g/mol. The molecule has 0 aliphatic carbocycles. The van der Waals surface area contributed by atoms with Gasteiger partial charge in [-0.1, -0.05) is 60.7 Å². The Labute approximate surface area is 182 Å². The molecule has 0 spiro atoms. The summed E-state index contributed by atoms with van der Waals surface area (Å²) < 4.78 is 35.4. The van der Waals surface area contributed by atoms with Gasteiger partial charge in [-0.2, -0.15) is 0 Å². The Morgan fingerprint density at radius 3 is 1.97 bits per heavy atom. The zero-order valence-corrected chi connectivity index (χ0v) is 17.9. The molecule has 31 heavy (non-hydrogen) atoms. The van der Waals surface area contributed by atoms with Crippen molar-refractivity contribution in [3.05, 3.63) is 71.8 Å². The highest BCUT2D eigenvalue weighted by molar-refractivity contribution is 5.75. The van der Waals surface area contributed by atoms with Crippen molar-refractivity contribution in [1.29, 1.82) is 0 Å². The Bertz CT molecular complexity index is 855. The highest BCUT2D eigenvalue weighted by Crippen LogP contribution is 2.39. The number of benzene rings is 2. The first kappa shape index (κ1) is 21.9. The van der Waals surface area contributed by atoms with Crippen LogP contribution in [0.5, 0.6) is 0 Å². The molecule has 7 heteroatoms. The van der Waals surface area contributed by atoms with Crippen molar-refractivity contribution < 1.29 is 33.2 Å². The number of esters is 1. The van der Waals surface area contributed by atoms with E-state index in [4.69, 9.17) is 28.4 Å². The molecule has 2 aliphatic rings. The van der Waals surface area contributed by atoms with E-state index in [0.717, 1.165) is 11.1 Å². The van der Waals surface area contributed by atoms with Crippen molar-refractivity contribution in [2.24, 2.45) is 0 Å². The van der Waals surface area contributed by atoms with Crippen LogP contribution in [0.1, 0.15) is 25.0 Å². The minimum Gasteiger partial charge on any atom is -0.467 e. The van der Waals surface area contributed by atoms with E-state index < -0.39 is 42.5 Å². The van der Waals surface area contributed by atoms with Crippen LogP contribution >= 0.6 is 0 Å². The van der Waals surface area contributed by atoms with E-state index in [-0.39, 0.29) is 6.61 Å². The van der Waals surface area contributed by atoms with Gasteiger partial charge in [0.05, 0.1) is 20.3 Å². The van der Waals surface area contributed by atoms with Gasteiger partial charge in [-0.25, -0.2) is 4.79 Å². The maximum atomic E-state index is 12.6. The summed E-state index contributed by atoms with van der Waals surface area (Å²) in [6.45, 7) is 4.22. The van der Waals surface area contributed by atoms with Crippen molar-refractivity contribution in [3.8, 4) is 0 Å². The SMILES string of the molecule is COC(=O)[C@H]1O[C@H]2OC(C)(C)O[C@H]2[C@H](OCc2ccccc2)[C@H]1OCc1ccccc1. The highest BCUT2D eigenvalue weighted by atomic mass is 16.8. The lowest BCUT2D eigenvalue weighted by atomic mass is 9.98. The summed E-state index contributed by atoms with van der Waals surface area (Å²) in [6.07, 6.45) is -3.67. The zero-order chi connectivity index (χ0) is 21.8. The van der Waals surface area contributed by atoms with Gasteiger partial charge in [-0.15, -0.1) is 0 Å². The topological polar surface area (TPSA) is 72.5 Å². The van der Waals surface area contributed by atoms with Gasteiger partial charge in [-0.05, 0) is 25.0 Å². The number of methoxy groups -OCH3 is 1. The molecule has 5 atom stereocenters. The third kappa shape index (κ3) is 5.14. The maximum Gasteiger partial charge on any atom is 0.337 e. The Morgan fingerprint density at radius 1 is 0.871 bits per heavy atom. The number of carbonyl (C=O) groups is 1. The largest absolute Gasteiger partial charge is 0.467 e. The van der Waals surface area contributed by atoms with E-state index in [2.05, 4.69) is 0 Å². The van der Waals surface area contributed by atoms with Crippen LogP contribution in [0, 0.1) is 0 Å². The third-order valence-corrected chi connectivity index (χ3v) is 5.32. The van der Waals surface area contributed by atoms with Crippen molar-refractivity contribution >= 4 is 5.97 Å². The molecule has 7 nitrogen and oxygen atoms in total. The molecule has 0 saturated carbocycles. The standard InChI is InChI=1S/C24H28O7/c1-24(2)30-21-19(28-15-17-12-8-5-9-13-17)18(27-14-16-10-6-4-7-11-16)20(22(25)26-3)29-23(21)31-24/h4-13,18-21,23H,14-15H2,1-3H3/t18-,19-,20+,21+,23+/m1/s1. The first-order valence-corrected chi connectivity index (χ1v) is 10.4. The molecule has 0 N–H and O–H groups in total. The van der Waals surface area contributed by atoms with Gasteiger partial charge in [0.2, 0.25) is 0 Å². The highest BCUT2D eigenvalue weighted by Gasteiger charge is 2.57. The fraction of sp³-hybridized carbons (Fsp3) is 0.458. The summed E-state index contributed by atoms with van der Waals surface area (Å²) in [5.41, 5.74) is 1.97. The molecule has 0 bridgehead atoms. The van der Waals surface area contributed by atoms with Crippen LogP contribution in [-0.4, -0.2) is 49.6 Å². The lowest BCUT2D eigenvalue weighted by molar-refractivity contribution is -0.270. The minimum absolute atomic E-state index is 0.287. The summed E-state index contributed by atoms with van der Waals surface area (Å²) in [5.74, 6) is -1.42. The molecule has 2 aromatic rings. The number of hydrogen-bond donors (Lipinski definition) is 0. The van der Waals surface area contributed by atoms with Gasteiger partial charge < -0.3 is 28.4 Å². The number of carbonyl (C=O) groups excluding carboxylic acids is 1. The number of fused-ring (bicyclic) bond motifs is 1. The van der Waals surface area contributed by atoms with E-state index in [1.165, 1.54) is 7.11 Å². The van der Waals surface area contributed by atoms with Crippen LogP contribution in [-0.2, 0) is 46.4 Å². The molecule has 2 saturated heterocycles. The second-order valence-electron chi connectivity index (χ2n) is 8.07. The smallest absolute Gasteiger partial charge is 0.337 e. The molecule has 0 aromatic heterocycles. The van der Waals surface area contributed by atoms with E-state index in [0.29, 0.717) is 6.61 Å². The summed E-state index contributed by atoms with van der Waals surface area (Å²) in [5, 5.41) is 0. The molecule has 166 valence electrons. The van der Waals surface area contributed by atoms with Crippen molar-refractivity contribution in [1.82, 2.24) is 0 Å². The Balaban J connectivity index is 1.59. The number of ether oxygens (including phenoxy) is 6. The van der Waals surface area contributed by atoms with Crippen LogP contribution in [0.15, 0.2) is 60.7 Å². The molecular weight excluding hydrogens is 400 g/mol. The molecule has 4 rings (SSSR count). The lowest BCUT2D eigenvalue weighted by Crippen LogP contribution is -2.60. The van der Waals surface area contributed by atoms with Crippen LogP contribution in [0.25, 0.3) is 0 Å². The predicted octanol–water partition coefficient (Wildman–Crippen LogP) is 3.21. The Kier molecular flexibility index (Phi) is 6.69. The van der Waals surface area contributed by atoms with Gasteiger partial charge in [0.25, 0.3) is 0 Å². The van der Waals surface area contributed by atoms with E-state index in [1.54, 1.807) is 13.8 Å². The first-order valence-electron chi connectivity index (χ1n) is 10.4. The summed E-state index contributed by atoms with van der Waals surface area (Å²) >= 11 is 0. The van der Waals surface area contributed by atoms with Crippen LogP contribution in [0.3, 0.4) is 0 Å². The fourth-order valence-corrected chi connectivity index (χ4v) is 3.88. The number of hydrogen-bond acceptors (Lipinski definition) is 7. The van der Waals surface area contributed by atoms with E-state index >= 15 is 0 Å². The van der Waals surface area contributed by atoms with E-state index in [1.807, 2.05) is 60.7 Å². The average Bonchev–Trinajstić information content (AvgIpc) is 3.10. The molecule has 2 aromatic carbocycles. The van der Waals surface area contributed by atoms with Crippen molar-refractivity contribution in [3.63, 3.8) is 0 Å². The zero-order valence-electron chi connectivity index (χ0n) is 17.9. The van der Waals surface area contributed by atoms with Gasteiger partial charge in [0.15, 0.2) is 18.2 Å². The molecule has 0 amide bonds. The molecule has 0 unspecified atom stereocenters. The van der Waals surface area contributed by atoms with Gasteiger partial charge in [-0.3, -0.25) is 0 Å². The third-order valence-electron chi connectivity index (χ3n) is 5.32. The van der Waals surface area contributed by atoms with Crippen LogP contribution in [0.4, 0.5) is 0 Å². The summed E-state index contributed by atoms with van der Waals surface area (Å²) in [4.78, 5) is 12.6. The van der Waals surface area contributed by atoms with Crippen LogP contribution < -0.4 is 0 Å². The Hall–Kier alpha value is -2.29. The quantitative estimate of drug-likeness (QED) is 0.627. The molecule has 0 radical (unpaired) electrons. The molecular formula is C24H28O7. The van der Waals surface area contributed by atoms with E-state index in [9.17, 15) is 4.79 Å². The summed E-state index contributed by atoms with van der Waals surface area (Å²) in [6, 6.07) is 19.5. The molecule has 2 aliphatic heterocycles. The average molecular weight is 428 g/mol. The van der Waals surface area contributed by atoms with Crippen LogP contribution in [0.2, 0.25) is 0 Å². The maximum absolute atomic E-state index is 12.6. The number of rotatable bonds is 7. The normalized spacial score (nSPS) is 29.3. The second-order valence-corrected chi connectivity index (χ2v) is 8.07. The van der Waals surface area contributed by atoms with Gasteiger partial charge in [0.1, 0.15) is 18.3 Å². The molecule has 2 fully saturated rings. The fourth-order valence-electron chi connectivity index (χ4n) is 3.88. The summed E-state index contributed by atoms with van der Waals surface area (Å²) in [7, 11) is 1.32. The minimum atomic E-state index is -1.01. The predicted molar refractivity (Wildman–Crippen MR) is 111 cm³/mol. The second kappa shape index (κ2) is 9.46. The van der Waals surface area contributed by atoms with Crippen molar-refractivity contribution in [2.75, 3.05) is 7.11 Å². The first-order chi connectivity index (χ1) is 15.0. The van der Waals surface area contributed by atoms with Gasteiger partial charge in [0, 0.05) is 0 Å². The molecule has 2 heterocycles. The van der Waals surface area contributed by atoms with Gasteiger partial charge >= 0.3 is 5.97 Å². The van der Waals surface area contributed by atoms with Crippen molar-refractivity contribution in [2.45, 2.75) is 63.6 Å². The lowest BCUT2D eigenvalue weighted by Gasteiger charge is -2.41. The Morgan fingerprint density at radius 2 is 1.42 bits per heavy atom.